The van der Waals surface area contributed by atoms with Crippen molar-refractivity contribution in [2.75, 3.05) is 20.0 Å². The van der Waals surface area contributed by atoms with E-state index in [0.717, 1.165) is 11.3 Å². The first-order valence-corrected chi connectivity index (χ1v) is 8.03. The number of hydrogen-bond acceptors (Lipinski definition) is 6. The number of aromatic nitrogens is 3. The number of rotatable bonds is 5. The molecule has 0 radical (unpaired) electrons. The Bertz CT molecular complexity index is 722. The highest BCUT2D eigenvalue weighted by molar-refractivity contribution is 5.68. The van der Waals surface area contributed by atoms with Crippen molar-refractivity contribution in [2.45, 2.75) is 20.0 Å². The van der Waals surface area contributed by atoms with Gasteiger partial charge < -0.3 is 14.2 Å². The van der Waals surface area contributed by atoms with Gasteiger partial charge in [0.1, 0.15) is 25.6 Å². The predicted octanol–water partition coefficient (Wildman–Crippen LogP) is 2.11. The van der Waals surface area contributed by atoms with Crippen LogP contribution in [0.4, 0.5) is 0 Å². The number of ether oxygens (including phenoxy) is 3. The minimum atomic E-state index is -0.537. The molecule has 1 unspecified atom stereocenters. The second kappa shape index (κ2) is 7.58. The van der Waals surface area contributed by atoms with Crippen molar-refractivity contribution in [3.8, 4) is 0 Å². The van der Waals surface area contributed by atoms with Crippen LogP contribution in [-0.2, 0) is 19.0 Å². The molecule has 25 heavy (non-hydrogen) atoms. The molecule has 1 aliphatic rings. The van der Waals surface area contributed by atoms with Crippen LogP contribution in [0.2, 0.25) is 0 Å². The fourth-order valence-electron chi connectivity index (χ4n) is 2.76. The Morgan fingerprint density at radius 1 is 1.32 bits per heavy atom. The maximum atomic E-state index is 11.7. The molecule has 1 aliphatic heterocycles. The predicted molar refractivity (Wildman–Crippen MR) is 90.3 cm³/mol. The lowest BCUT2D eigenvalue weighted by molar-refractivity contribution is -0.192. The highest BCUT2D eigenvalue weighted by Crippen LogP contribution is 2.31. The van der Waals surface area contributed by atoms with E-state index < -0.39 is 11.5 Å². The topological polar surface area (TPSA) is 75.5 Å². The summed E-state index contributed by atoms with van der Waals surface area (Å²) in [5.41, 5.74) is 1.22. The zero-order chi connectivity index (χ0) is 17.7. The number of carbonyl (C=O) groups excluding carboxylic acids is 1. The van der Waals surface area contributed by atoms with Crippen LogP contribution in [0.15, 0.2) is 49.1 Å². The highest BCUT2D eigenvalue weighted by atomic mass is 16.7. The summed E-state index contributed by atoms with van der Waals surface area (Å²) in [5, 5.41) is 4.23. The van der Waals surface area contributed by atoms with Crippen molar-refractivity contribution in [1.29, 1.82) is 0 Å². The number of hydrogen-bond donors (Lipinski definition) is 0. The Kier molecular flexibility index (Phi) is 5.25. The number of esters is 1. The molecule has 1 atom stereocenters. The quantitative estimate of drug-likeness (QED) is 0.774. The molecule has 7 nitrogen and oxygen atoms in total. The third kappa shape index (κ3) is 4.12. The van der Waals surface area contributed by atoms with Gasteiger partial charge in [-0.15, -0.1) is 0 Å². The molecular formula is C18H21N3O4. The third-order valence-electron chi connectivity index (χ3n) is 4.05. The Balaban J connectivity index is 2.03. The van der Waals surface area contributed by atoms with Crippen molar-refractivity contribution in [3.05, 3.63) is 54.6 Å². The van der Waals surface area contributed by atoms with Crippen molar-refractivity contribution >= 4 is 11.7 Å². The van der Waals surface area contributed by atoms with E-state index in [2.05, 4.69) is 10.1 Å². The largest absolute Gasteiger partial charge is 0.457 e. The molecule has 132 valence electrons. The zero-order valence-corrected chi connectivity index (χ0v) is 14.3. The summed E-state index contributed by atoms with van der Waals surface area (Å²) in [6, 6.07) is 9.75. The molecule has 0 bridgehead atoms. The molecule has 0 N–H and O–H groups in total. The van der Waals surface area contributed by atoms with E-state index in [4.69, 9.17) is 14.2 Å². The van der Waals surface area contributed by atoms with E-state index in [0.29, 0.717) is 13.2 Å². The molecule has 1 saturated heterocycles. The standard InChI is InChI=1S/C18H21N3O4/c1-14(22)25-17(18(2)9-23-13-24-10-18)8-16(21-12-19-11-20-21)15-6-4-3-5-7-15/h3-8,11-12,17H,9-10,13H2,1-2H3. The lowest BCUT2D eigenvalue weighted by atomic mass is 9.84. The molecule has 0 spiro atoms. The molecule has 0 saturated carbocycles. The minimum Gasteiger partial charge on any atom is -0.457 e. The average molecular weight is 343 g/mol. The minimum absolute atomic E-state index is 0.251. The van der Waals surface area contributed by atoms with Crippen LogP contribution in [0.1, 0.15) is 19.4 Å². The molecule has 3 rings (SSSR count). The van der Waals surface area contributed by atoms with Gasteiger partial charge in [0.05, 0.1) is 24.3 Å². The Hall–Kier alpha value is -2.51. The van der Waals surface area contributed by atoms with Gasteiger partial charge in [-0.2, -0.15) is 5.10 Å². The van der Waals surface area contributed by atoms with Gasteiger partial charge in [-0.25, -0.2) is 9.67 Å². The van der Waals surface area contributed by atoms with Gasteiger partial charge in [0.2, 0.25) is 0 Å². The summed E-state index contributed by atoms with van der Waals surface area (Å²) in [7, 11) is 0. The summed E-state index contributed by atoms with van der Waals surface area (Å²) in [6.07, 6.45) is 4.42. The Labute approximate surface area is 146 Å². The molecule has 2 aromatic rings. The van der Waals surface area contributed by atoms with Crippen LogP contribution < -0.4 is 0 Å². The Morgan fingerprint density at radius 2 is 2.04 bits per heavy atom. The zero-order valence-electron chi connectivity index (χ0n) is 14.3. The molecule has 1 fully saturated rings. The number of nitrogens with zero attached hydrogens (tertiary/aromatic N) is 3. The van der Waals surface area contributed by atoms with Crippen LogP contribution in [0.25, 0.3) is 5.70 Å². The Morgan fingerprint density at radius 3 is 2.64 bits per heavy atom. The maximum Gasteiger partial charge on any atom is 0.303 e. The molecule has 0 amide bonds. The molecular weight excluding hydrogens is 322 g/mol. The summed E-state index contributed by atoms with van der Waals surface area (Å²) >= 11 is 0. The number of benzene rings is 1. The molecule has 0 aliphatic carbocycles. The average Bonchev–Trinajstić information content (AvgIpc) is 3.14. The van der Waals surface area contributed by atoms with Crippen LogP contribution in [-0.4, -0.2) is 46.8 Å². The molecule has 7 heteroatoms. The van der Waals surface area contributed by atoms with Crippen molar-refractivity contribution in [3.63, 3.8) is 0 Å². The van der Waals surface area contributed by atoms with E-state index >= 15 is 0 Å². The first-order chi connectivity index (χ1) is 12.1. The maximum absolute atomic E-state index is 11.7. The summed E-state index contributed by atoms with van der Waals surface area (Å²) in [6.45, 7) is 4.48. The van der Waals surface area contributed by atoms with Crippen LogP contribution in [0.5, 0.6) is 0 Å². The van der Waals surface area contributed by atoms with Gasteiger partial charge in [-0.3, -0.25) is 4.79 Å². The molecule has 2 heterocycles. The fourth-order valence-corrected chi connectivity index (χ4v) is 2.76. The fraction of sp³-hybridized carbons (Fsp3) is 0.389. The van der Waals surface area contributed by atoms with Gasteiger partial charge in [0.25, 0.3) is 0 Å². The first-order valence-electron chi connectivity index (χ1n) is 8.03. The van der Waals surface area contributed by atoms with E-state index in [1.54, 1.807) is 11.0 Å². The van der Waals surface area contributed by atoms with E-state index in [1.165, 1.54) is 13.3 Å². The normalized spacial score (nSPS) is 18.6. The van der Waals surface area contributed by atoms with Gasteiger partial charge in [0, 0.05) is 12.5 Å². The second-order valence-electron chi connectivity index (χ2n) is 6.26. The summed E-state index contributed by atoms with van der Waals surface area (Å²) in [4.78, 5) is 15.7. The lowest BCUT2D eigenvalue weighted by Crippen LogP contribution is -2.45. The molecule has 1 aromatic carbocycles. The van der Waals surface area contributed by atoms with Crippen molar-refractivity contribution < 1.29 is 19.0 Å². The van der Waals surface area contributed by atoms with Crippen LogP contribution in [0, 0.1) is 5.41 Å². The van der Waals surface area contributed by atoms with E-state index in [-0.39, 0.29) is 12.8 Å². The smallest absolute Gasteiger partial charge is 0.303 e. The van der Waals surface area contributed by atoms with Gasteiger partial charge >= 0.3 is 5.97 Å². The highest BCUT2D eigenvalue weighted by Gasteiger charge is 2.39. The van der Waals surface area contributed by atoms with Gasteiger partial charge in [-0.1, -0.05) is 37.3 Å². The van der Waals surface area contributed by atoms with E-state index in [1.807, 2.05) is 43.3 Å². The van der Waals surface area contributed by atoms with Gasteiger partial charge in [-0.05, 0) is 6.08 Å². The monoisotopic (exact) mass is 343 g/mol. The SMILES string of the molecule is CC(=O)OC(C=C(c1ccccc1)n1cncn1)C1(C)COCOC1. The first kappa shape index (κ1) is 17.3. The van der Waals surface area contributed by atoms with Crippen molar-refractivity contribution in [1.82, 2.24) is 14.8 Å². The van der Waals surface area contributed by atoms with Crippen LogP contribution >= 0.6 is 0 Å². The third-order valence-corrected chi connectivity index (χ3v) is 4.05. The molecule has 1 aromatic heterocycles. The van der Waals surface area contributed by atoms with Gasteiger partial charge in [0.15, 0.2) is 0 Å². The summed E-state index contributed by atoms with van der Waals surface area (Å²) < 4.78 is 18.2. The lowest BCUT2D eigenvalue weighted by Gasteiger charge is -2.38. The number of carbonyl (C=O) groups is 1. The van der Waals surface area contributed by atoms with Crippen LogP contribution in [0.3, 0.4) is 0 Å². The van der Waals surface area contributed by atoms with E-state index in [9.17, 15) is 4.79 Å². The van der Waals surface area contributed by atoms with Crippen molar-refractivity contribution in [2.24, 2.45) is 5.41 Å². The summed E-state index contributed by atoms with van der Waals surface area (Å²) in [5.74, 6) is -0.362. The second-order valence-corrected chi connectivity index (χ2v) is 6.26.